The lowest BCUT2D eigenvalue weighted by Crippen LogP contribution is -2.24. The van der Waals surface area contributed by atoms with Crippen LogP contribution in [0.1, 0.15) is 42.5 Å². The summed E-state index contributed by atoms with van der Waals surface area (Å²) >= 11 is 6.13. The fourth-order valence-electron chi connectivity index (χ4n) is 5.58. The summed E-state index contributed by atoms with van der Waals surface area (Å²) in [4.78, 5) is 25.1. The van der Waals surface area contributed by atoms with Gasteiger partial charge in [0.05, 0.1) is 35.2 Å². The van der Waals surface area contributed by atoms with Gasteiger partial charge >= 0.3 is 0 Å². The van der Waals surface area contributed by atoms with Gasteiger partial charge in [0.1, 0.15) is 17.8 Å². The summed E-state index contributed by atoms with van der Waals surface area (Å²) in [6.07, 6.45) is 6.63. The predicted octanol–water partition coefficient (Wildman–Crippen LogP) is 3.72. The van der Waals surface area contributed by atoms with Crippen LogP contribution in [-0.2, 0) is 12.0 Å². The minimum atomic E-state index is -0.675. The van der Waals surface area contributed by atoms with Crippen molar-refractivity contribution in [2.24, 2.45) is 0 Å². The molecule has 2 N–H and O–H groups in total. The second-order valence-electron chi connectivity index (χ2n) is 9.81. The summed E-state index contributed by atoms with van der Waals surface area (Å²) in [6, 6.07) is 7.30. The van der Waals surface area contributed by atoms with Crippen molar-refractivity contribution in [3.8, 4) is 28.1 Å². The number of fused-ring (bicyclic) bond motifs is 2. The van der Waals surface area contributed by atoms with Crippen LogP contribution in [0, 0.1) is 11.6 Å². The highest BCUT2D eigenvalue weighted by Gasteiger charge is 2.54. The maximum atomic E-state index is 15.4. The zero-order valence-corrected chi connectivity index (χ0v) is 20.9. The van der Waals surface area contributed by atoms with Gasteiger partial charge in [-0.05, 0) is 59.5 Å². The number of aromatic amines is 1. The maximum absolute atomic E-state index is 15.4. The lowest BCUT2D eigenvalue weighted by Gasteiger charge is -2.16. The fourth-order valence-corrected chi connectivity index (χ4v) is 5.73. The van der Waals surface area contributed by atoms with Crippen LogP contribution in [-0.4, -0.2) is 44.8 Å². The third-order valence-electron chi connectivity index (χ3n) is 7.63. The monoisotopic (exact) mass is 548 g/mol. The van der Waals surface area contributed by atoms with E-state index in [-0.39, 0.29) is 32.8 Å². The molecule has 10 nitrogen and oxygen atoms in total. The van der Waals surface area contributed by atoms with E-state index in [2.05, 4.69) is 30.5 Å². The summed E-state index contributed by atoms with van der Waals surface area (Å²) in [5, 5.41) is 20.4. The molecule has 2 aliphatic rings. The van der Waals surface area contributed by atoms with Crippen molar-refractivity contribution in [3.63, 3.8) is 0 Å². The molecular weight excluding hydrogens is 530 g/mol. The Balaban J connectivity index is 1.34. The van der Waals surface area contributed by atoms with Gasteiger partial charge in [-0.25, -0.2) is 13.8 Å². The Hall–Kier alpha value is -4.29. The first-order valence-corrected chi connectivity index (χ1v) is 12.6. The minimum Gasteiger partial charge on any atom is -0.390 e. The summed E-state index contributed by atoms with van der Waals surface area (Å²) in [7, 11) is 0. The summed E-state index contributed by atoms with van der Waals surface area (Å²) in [5.41, 5.74) is 1.63. The van der Waals surface area contributed by atoms with Crippen LogP contribution in [0.3, 0.4) is 0 Å². The van der Waals surface area contributed by atoms with Gasteiger partial charge in [-0.15, -0.1) is 5.10 Å². The number of hydrogen-bond donors (Lipinski definition) is 2. The molecule has 1 fully saturated rings. The first-order valence-electron chi connectivity index (χ1n) is 12.2. The zero-order valence-electron chi connectivity index (χ0n) is 20.1. The quantitative estimate of drug-likeness (QED) is 0.342. The molecule has 196 valence electrons. The van der Waals surface area contributed by atoms with Crippen LogP contribution in [0.15, 0.2) is 53.8 Å². The lowest BCUT2D eigenvalue weighted by molar-refractivity contribution is 0.270. The molecule has 1 spiro atoms. The number of nitrogens with zero attached hydrogens (tertiary/aromatic N) is 7. The Bertz CT molecular complexity index is 1810. The van der Waals surface area contributed by atoms with E-state index in [0.29, 0.717) is 29.2 Å². The van der Waals surface area contributed by atoms with Crippen molar-refractivity contribution in [1.29, 1.82) is 0 Å². The molecule has 1 aliphatic heterocycles. The average molecular weight is 549 g/mol. The standard InChI is InChI=1S/C26H19ClF2N8O2/c27-15-1-2-18(36-12-32-34-35-36)22(24(15)29)13-7-20-26(4-5-26)9-19(37(20)21(39)8-13)25-31-10-16(33-25)14-3-6-30-17(11-38)23(14)28/h1-3,6-8,10,12,19,38H,4-5,9,11H2,(H,31,33)/t19-/m0/s1. The first-order chi connectivity index (χ1) is 18.9. The Morgan fingerprint density at radius 1 is 1.15 bits per heavy atom. The van der Waals surface area contributed by atoms with E-state index in [1.165, 1.54) is 41.6 Å². The number of aromatic nitrogens is 8. The maximum Gasteiger partial charge on any atom is 0.252 e. The van der Waals surface area contributed by atoms with Gasteiger partial charge in [0.25, 0.3) is 5.56 Å². The molecule has 1 aromatic carbocycles. The second kappa shape index (κ2) is 8.61. The van der Waals surface area contributed by atoms with Crippen molar-refractivity contribution in [2.75, 3.05) is 0 Å². The number of pyridine rings is 2. The normalized spacial score (nSPS) is 17.1. The van der Waals surface area contributed by atoms with Gasteiger partial charge in [-0.2, -0.15) is 4.68 Å². The molecule has 0 unspecified atom stereocenters. The number of hydrogen-bond acceptors (Lipinski definition) is 7. The summed E-state index contributed by atoms with van der Waals surface area (Å²) in [6.45, 7) is -0.529. The van der Waals surface area contributed by atoms with Crippen LogP contribution >= 0.6 is 11.6 Å². The second-order valence-corrected chi connectivity index (χ2v) is 10.2. The van der Waals surface area contributed by atoms with E-state index in [4.69, 9.17) is 11.6 Å². The van der Waals surface area contributed by atoms with Crippen LogP contribution in [0.25, 0.3) is 28.1 Å². The lowest BCUT2D eigenvalue weighted by atomic mass is 9.95. The molecule has 39 heavy (non-hydrogen) atoms. The Morgan fingerprint density at radius 2 is 2.00 bits per heavy atom. The molecule has 1 aliphatic carbocycles. The SMILES string of the molecule is O=c1cc(-c2c(-n3cnnn3)ccc(Cl)c2F)cc2n1[C@H](c1ncc(-c3ccnc(CO)c3F)[nH]1)CC21CC1. The van der Waals surface area contributed by atoms with Crippen molar-refractivity contribution in [2.45, 2.75) is 37.3 Å². The summed E-state index contributed by atoms with van der Waals surface area (Å²) in [5.74, 6) is -0.801. The number of H-pyrrole nitrogens is 1. The molecule has 0 bridgehead atoms. The number of nitrogens with one attached hydrogen (secondary N) is 1. The Labute approximate surface area is 223 Å². The Morgan fingerprint density at radius 3 is 2.74 bits per heavy atom. The molecule has 1 atom stereocenters. The van der Waals surface area contributed by atoms with Gasteiger partial charge in [-0.3, -0.25) is 9.78 Å². The van der Waals surface area contributed by atoms with Crippen molar-refractivity contribution < 1.29 is 13.9 Å². The van der Waals surface area contributed by atoms with E-state index in [9.17, 15) is 14.3 Å². The fraction of sp³-hybridized carbons (Fsp3) is 0.231. The number of aliphatic hydroxyl groups excluding tert-OH is 1. The molecule has 4 aromatic heterocycles. The van der Waals surface area contributed by atoms with E-state index >= 15 is 4.39 Å². The summed E-state index contributed by atoms with van der Waals surface area (Å²) < 4.78 is 33.2. The number of benzene rings is 1. The average Bonchev–Trinajstić information content (AvgIpc) is 3.29. The number of rotatable bonds is 5. The van der Waals surface area contributed by atoms with Crippen molar-refractivity contribution in [3.05, 3.63) is 93.3 Å². The Kier molecular flexibility index (Phi) is 5.26. The largest absolute Gasteiger partial charge is 0.390 e. The van der Waals surface area contributed by atoms with Crippen molar-refractivity contribution >= 4 is 11.6 Å². The van der Waals surface area contributed by atoms with E-state index in [0.717, 1.165) is 18.5 Å². The van der Waals surface area contributed by atoms with Gasteiger partial charge in [-0.1, -0.05) is 11.6 Å². The van der Waals surface area contributed by atoms with Crippen LogP contribution in [0.2, 0.25) is 5.02 Å². The van der Waals surface area contributed by atoms with Crippen LogP contribution in [0.5, 0.6) is 0 Å². The van der Waals surface area contributed by atoms with E-state index in [1.807, 2.05) is 6.07 Å². The molecule has 13 heteroatoms. The third kappa shape index (κ3) is 3.62. The third-order valence-corrected chi connectivity index (χ3v) is 7.92. The number of halogens is 3. The highest BCUT2D eigenvalue weighted by atomic mass is 35.5. The van der Waals surface area contributed by atoms with Gasteiger partial charge in [0, 0.05) is 34.5 Å². The van der Waals surface area contributed by atoms with Crippen molar-refractivity contribution in [1.82, 2.24) is 39.7 Å². The van der Waals surface area contributed by atoms with E-state index in [1.54, 1.807) is 10.6 Å². The highest BCUT2D eigenvalue weighted by molar-refractivity contribution is 6.31. The van der Waals surface area contributed by atoms with E-state index < -0.39 is 24.3 Å². The van der Waals surface area contributed by atoms with Crippen LogP contribution in [0.4, 0.5) is 8.78 Å². The molecule has 0 saturated heterocycles. The van der Waals surface area contributed by atoms with Gasteiger partial charge < -0.3 is 14.7 Å². The van der Waals surface area contributed by atoms with Crippen LogP contribution < -0.4 is 5.56 Å². The zero-order chi connectivity index (χ0) is 26.9. The molecular formula is C26H19ClF2N8O2. The topological polar surface area (TPSA) is 127 Å². The first kappa shape index (κ1) is 23.8. The number of aliphatic hydroxyl groups is 1. The molecule has 5 heterocycles. The highest BCUT2D eigenvalue weighted by Crippen LogP contribution is 2.58. The smallest absolute Gasteiger partial charge is 0.252 e. The molecule has 7 rings (SSSR count). The predicted molar refractivity (Wildman–Crippen MR) is 135 cm³/mol. The van der Waals surface area contributed by atoms with Gasteiger partial charge in [0.15, 0.2) is 11.6 Å². The molecule has 1 saturated carbocycles. The molecule has 0 amide bonds. The molecule has 5 aromatic rings. The van der Waals surface area contributed by atoms with Gasteiger partial charge in [0.2, 0.25) is 0 Å². The number of imidazole rings is 1. The number of tetrazole rings is 1. The minimum absolute atomic E-state index is 0.0650. The molecule has 0 radical (unpaired) electrons.